The fourth-order valence-corrected chi connectivity index (χ4v) is 1.56. The van der Waals surface area contributed by atoms with Crippen molar-refractivity contribution in [3.05, 3.63) is 34.9 Å². The highest BCUT2D eigenvalue weighted by Gasteiger charge is 2.16. The molecule has 100 valence electrons. The quantitative estimate of drug-likeness (QED) is 0.613. The van der Waals surface area contributed by atoms with Crippen molar-refractivity contribution in [3.63, 3.8) is 0 Å². The van der Waals surface area contributed by atoms with Gasteiger partial charge in [-0.05, 0) is 38.1 Å². The Kier molecular flexibility index (Phi) is 5.91. The third kappa shape index (κ3) is 4.65. The van der Waals surface area contributed by atoms with E-state index in [1.54, 1.807) is 38.1 Å². The van der Waals surface area contributed by atoms with Crippen molar-refractivity contribution < 1.29 is 14.3 Å². The molecule has 0 radical (unpaired) electrons. The van der Waals surface area contributed by atoms with Gasteiger partial charge in [0.05, 0.1) is 12.7 Å². The summed E-state index contributed by atoms with van der Waals surface area (Å²) in [5.41, 5.74) is 0.630. The van der Waals surface area contributed by atoms with Crippen LogP contribution >= 0.6 is 11.6 Å². The van der Waals surface area contributed by atoms with Crippen molar-refractivity contribution in [3.8, 4) is 11.8 Å². The second kappa shape index (κ2) is 7.45. The highest BCUT2D eigenvalue weighted by Crippen LogP contribution is 2.25. The molecule has 0 aliphatic heterocycles. The summed E-state index contributed by atoms with van der Waals surface area (Å²) in [5, 5.41) is 9.07. The van der Waals surface area contributed by atoms with E-state index in [0.717, 1.165) is 0 Å². The van der Waals surface area contributed by atoms with Gasteiger partial charge in [-0.2, -0.15) is 5.26 Å². The van der Waals surface area contributed by atoms with Gasteiger partial charge in [-0.15, -0.1) is 0 Å². The number of nitrogens with zero attached hydrogens (tertiary/aromatic N) is 1. The average molecular weight is 280 g/mol. The van der Waals surface area contributed by atoms with Gasteiger partial charge >= 0.3 is 5.97 Å². The van der Waals surface area contributed by atoms with Crippen LogP contribution in [0, 0.1) is 11.3 Å². The maximum absolute atomic E-state index is 11.5. The van der Waals surface area contributed by atoms with Gasteiger partial charge in [-0.1, -0.05) is 11.6 Å². The topological polar surface area (TPSA) is 59.3 Å². The van der Waals surface area contributed by atoms with Gasteiger partial charge in [0.15, 0.2) is 6.10 Å². The van der Waals surface area contributed by atoms with Crippen LogP contribution in [-0.4, -0.2) is 18.7 Å². The van der Waals surface area contributed by atoms with Crippen LogP contribution in [0.25, 0.3) is 6.08 Å². The summed E-state index contributed by atoms with van der Waals surface area (Å²) in [6, 6.07) is 6.84. The molecule has 1 aromatic rings. The van der Waals surface area contributed by atoms with Crippen molar-refractivity contribution in [2.75, 3.05) is 6.61 Å². The van der Waals surface area contributed by atoms with Gasteiger partial charge in [0.2, 0.25) is 0 Å². The maximum Gasteiger partial charge on any atom is 0.347 e. The first-order valence-electron chi connectivity index (χ1n) is 5.77. The number of rotatable bonds is 5. The smallest absolute Gasteiger partial charge is 0.347 e. The van der Waals surface area contributed by atoms with Crippen LogP contribution in [0.15, 0.2) is 24.3 Å². The van der Waals surface area contributed by atoms with Gasteiger partial charge in [0.25, 0.3) is 0 Å². The molecule has 1 atom stereocenters. The molecular weight excluding hydrogens is 266 g/mol. The number of nitriles is 1. The zero-order chi connectivity index (χ0) is 14.3. The zero-order valence-electron chi connectivity index (χ0n) is 10.7. The molecule has 0 unspecified atom stereocenters. The molecule has 0 aliphatic carbocycles. The molecule has 0 saturated carbocycles. The molecule has 19 heavy (non-hydrogen) atoms. The highest BCUT2D eigenvalue weighted by atomic mass is 35.5. The first kappa shape index (κ1) is 15.1. The van der Waals surface area contributed by atoms with Crippen LogP contribution in [0.5, 0.6) is 5.75 Å². The van der Waals surface area contributed by atoms with Gasteiger partial charge in [-0.25, -0.2) is 4.79 Å². The summed E-state index contributed by atoms with van der Waals surface area (Å²) in [4.78, 5) is 11.5. The average Bonchev–Trinajstić information content (AvgIpc) is 2.39. The fraction of sp³-hybridized carbons (Fsp3) is 0.286. The lowest BCUT2D eigenvalue weighted by atomic mass is 10.2. The van der Waals surface area contributed by atoms with Crippen LogP contribution in [-0.2, 0) is 9.53 Å². The number of carbonyl (C=O) groups is 1. The second-order valence-electron chi connectivity index (χ2n) is 3.66. The number of benzene rings is 1. The Morgan fingerprint density at radius 1 is 1.58 bits per heavy atom. The fourth-order valence-electron chi connectivity index (χ4n) is 1.38. The van der Waals surface area contributed by atoms with E-state index in [9.17, 15) is 4.79 Å². The molecule has 0 bridgehead atoms. The molecule has 0 saturated heterocycles. The number of hydrogen-bond acceptors (Lipinski definition) is 4. The maximum atomic E-state index is 11.5. The molecule has 0 amide bonds. The van der Waals surface area contributed by atoms with E-state index < -0.39 is 12.1 Å². The predicted octanol–water partition coefficient (Wildman–Crippen LogP) is 3.21. The summed E-state index contributed by atoms with van der Waals surface area (Å²) < 4.78 is 10.4. The Hall–Kier alpha value is -1.99. The van der Waals surface area contributed by atoms with E-state index in [-0.39, 0.29) is 0 Å². The third-order valence-electron chi connectivity index (χ3n) is 2.23. The van der Waals surface area contributed by atoms with Crippen molar-refractivity contribution in [2.24, 2.45) is 0 Å². The lowest BCUT2D eigenvalue weighted by Gasteiger charge is -2.15. The summed E-state index contributed by atoms with van der Waals surface area (Å²) in [6.07, 6.45) is 2.16. The molecular formula is C14H14ClNO3. The van der Waals surface area contributed by atoms with Gasteiger partial charge in [-0.3, -0.25) is 0 Å². The van der Waals surface area contributed by atoms with Crippen LogP contribution in [0.2, 0.25) is 5.02 Å². The van der Waals surface area contributed by atoms with E-state index in [1.165, 1.54) is 6.08 Å². The van der Waals surface area contributed by atoms with Crippen LogP contribution in [0.4, 0.5) is 0 Å². The van der Waals surface area contributed by atoms with E-state index in [1.807, 2.05) is 6.07 Å². The van der Waals surface area contributed by atoms with E-state index in [2.05, 4.69) is 0 Å². The summed E-state index contributed by atoms with van der Waals surface area (Å²) in [7, 11) is 0. The number of ether oxygens (including phenoxy) is 2. The number of carbonyl (C=O) groups excluding carboxylic acids is 1. The second-order valence-corrected chi connectivity index (χ2v) is 4.09. The number of esters is 1. The first-order chi connectivity index (χ1) is 9.08. The summed E-state index contributed by atoms with van der Waals surface area (Å²) >= 11 is 5.88. The normalized spacial score (nSPS) is 11.9. The third-order valence-corrected chi connectivity index (χ3v) is 2.47. The van der Waals surface area contributed by atoms with Crippen molar-refractivity contribution in [1.82, 2.24) is 0 Å². The number of hydrogen-bond donors (Lipinski definition) is 0. The van der Waals surface area contributed by atoms with E-state index in [4.69, 9.17) is 26.3 Å². The van der Waals surface area contributed by atoms with Gasteiger partial charge in [0, 0.05) is 16.7 Å². The van der Waals surface area contributed by atoms with Crippen molar-refractivity contribution >= 4 is 23.6 Å². The predicted molar refractivity (Wildman–Crippen MR) is 72.8 cm³/mol. The van der Waals surface area contributed by atoms with E-state index >= 15 is 0 Å². The Morgan fingerprint density at radius 2 is 2.32 bits per heavy atom. The summed E-state index contributed by atoms with van der Waals surface area (Å²) in [5.74, 6) is 0.0316. The standard InChI is InChI=1S/C14H14ClNO3/c1-3-18-14(17)10(2)19-13-7-6-12(15)9-11(13)5-4-8-16/h4-7,9-10H,3H2,1-2H3/b5-4+/t10-/m0/s1. The van der Waals surface area contributed by atoms with E-state index in [0.29, 0.717) is 22.9 Å². The molecule has 0 aliphatic rings. The van der Waals surface area contributed by atoms with Crippen LogP contribution < -0.4 is 4.74 Å². The SMILES string of the molecule is CCOC(=O)[C@H](C)Oc1ccc(Cl)cc1/C=C/C#N. The van der Waals surface area contributed by atoms with Crippen LogP contribution in [0.1, 0.15) is 19.4 Å². The minimum atomic E-state index is -0.727. The molecule has 4 nitrogen and oxygen atoms in total. The Balaban J connectivity index is 2.91. The van der Waals surface area contributed by atoms with Gasteiger partial charge < -0.3 is 9.47 Å². The van der Waals surface area contributed by atoms with Crippen LogP contribution in [0.3, 0.4) is 0 Å². The molecule has 0 heterocycles. The molecule has 5 heteroatoms. The number of halogens is 1. The van der Waals surface area contributed by atoms with Crippen molar-refractivity contribution in [1.29, 1.82) is 5.26 Å². The monoisotopic (exact) mass is 279 g/mol. The van der Waals surface area contributed by atoms with Gasteiger partial charge in [0.1, 0.15) is 5.75 Å². The lowest BCUT2D eigenvalue weighted by Crippen LogP contribution is -2.26. The molecule has 0 spiro atoms. The molecule has 1 aromatic carbocycles. The first-order valence-corrected chi connectivity index (χ1v) is 6.15. The molecule has 0 fully saturated rings. The Labute approximate surface area is 117 Å². The highest BCUT2D eigenvalue weighted by molar-refractivity contribution is 6.30. The molecule has 0 aromatic heterocycles. The largest absolute Gasteiger partial charge is 0.478 e. The minimum absolute atomic E-state index is 0.300. The Bertz CT molecular complexity index is 520. The number of allylic oxidation sites excluding steroid dienone is 1. The molecule has 1 rings (SSSR count). The zero-order valence-corrected chi connectivity index (χ0v) is 11.5. The molecule has 0 N–H and O–H groups in total. The lowest BCUT2D eigenvalue weighted by molar-refractivity contribution is -0.150. The Morgan fingerprint density at radius 3 is 2.95 bits per heavy atom. The summed E-state index contributed by atoms with van der Waals surface area (Å²) in [6.45, 7) is 3.63. The van der Waals surface area contributed by atoms with Crippen molar-refractivity contribution in [2.45, 2.75) is 20.0 Å². The minimum Gasteiger partial charge on any atom is -0.478 e.